The van der Waals surface area contributed by atoms with Crippen LogP contribution in [0.1, 0.15) is 6.92 Å². The van der Waals surface area contributed by atoms with Gasteiger partial charge in [-0.05, 0) is 31.2 Å². The average molecular weight is 270 g/mol. The molecular weight excluding hydrogens is 251 g/mol. The van der Waals surface area contributed by atoms with E-state index < -0.39 is 6.10 Å². The Labute approximate surface area is 111 Å². The van der Waals surface area contributed by atoms with Crippen LogP contribution in [0.5, 0.6) is 5.75 Å². The third kappa shape index (κ3) is 6.73. The third-order valence-corrected chi connectivity index (χ3v) is 2.30. The van der Waals surface area contributed by atoms with E-state index in [1.807, 2.05) is 6.92 Å². The molecule has 1 unspecified atom stereocenters. The molecule has 0 bridgehead atoms. The smallest absolute Gasteiger partial charge is 0.233 e. The Bertz CT molecular complexity index is 384. The van der Waals surface area contributed by atoms with Crippen LogP contribution in [-0.2, 0) is 4.79 Å². The summed E-state index contributed by atoms with van der Waals surface area (Å²) < 4.78 is 17.9. The highest BCUT2D eigenvalue weighted by atomic mass is 19.1. The van der Waals surface area contributed by atoms with Gasteiger partial charge in [0.25, 0.3) is 0 Å². The summed E-state index contributed by atoms with van der Waals surface area (Å²) in [7, 11) is 0. The van der Waals surface area contributed by atoms with Gasteiger partial charge in [-0.25, -0.2) is 4.39 Å². The summed E-state index contributed by atoms with van der Waals surface area (Å²) in [6, 6.07) is 5.55. The minimum absolute atomic E-state index is 0.0774. The summed E-state index contributed by atoms with van der Waals surface area (Å²) in [5, 5.41) is 15.1. The monoisotopic (exact) mass is 270 g/mol. The van der Waals surface area contributed by atoms with E-state index in [1.54, 1.807) is 0 Å². The fourth-order valence-electron chi connectivity index (χ4n) is 1.39. The second-order valence-electron chi connectivity index (χ2n) is 4.00. The highest BCUT2D eigenvalue weighted by Crippen LogP contribution is 2.10. The van der Waals surface area contributed by atoms with Crippen LogP contribution in [0.15, 0.2) is 24.3 Å². The number of aliphatic hydroxyl groups excluding tert-OH is 1. The molecule has 3 N–H and O–H groups in total. The predicted octanol–water partition coefficient (Wildman–Crippen LogP) is 0.291. The van der Waals surface area contributed by atoms with Gasteiger partial charge >= 0.3 is 0 Å². The van der Waals surface area contributed by atoms with E-state index in [2.05, 4.69) is 10.6 Å². The van der Waals surface area contributed by atoms with E-state index in [0.717, 1.165) is 0 Å². The number of halogens is 1. The summed E-state index contributed by atoms with van der Waals surface area (Å²) in [6.45, 7) is 2.90. The standard InChI is InChI=1S/C13H19FN2O3/c1-2-16-13(18)8-15-7-11(17)9-19-12-5-3-10(14)4-6-12/h3-6,11,15,17H,2,7-9H2,1H3,(H,16,18). The average Bonchev–Trinajstić information content (AvgIpc) is 2.38. The number of nitrogens with one attached hydrogen (secondary N) is 2. The number of carbonyl (C=O) groups excluding carboxylic acids is 1. The van der Waals surface area contributed by atoms with Gasteiger partial charge in [0.1, 0.15) is 24.3 Å². The molecule has 1 amide bonds. The van der Waals surface area contributed by atoms with Gasteiger partial charge in [0.2, 0.25) is 5.91 Å². The molecule has 0 aliphatic carbocycles. The summed E-state index contributed by atoms with van der Waals surface area (Å²) in [4.78, 5) is 11.1. The van der Waals surface area contributed by atoms with Gasteiger partial charge in [0, 0.05) is 13.1 Å². The van der Waals surface area contributed by atoms with Crippen molar-refractivity contribution in [2.45, 2.75) is 13.0 Å². The Balaban J connectivity index is 2.15. The maximum atomic E-state index is 12.6. The lowest BCUT2D eigenvalue weighted by molar-refractivity contribution is -0.120. The maximum Gasteiger partial charge on any atom is 0.233 e. The molecule has 5 nitrogen and oxygen atoms in total. The highest BCUT2D eigenvalue weighted by Gasteiger charge is 2.06. The normalized spacial score (nSPS) is 11.9. The van der Waals surface area contributed by atoms with Crippen LogP contribution in [0.2, 0.25) is 0 Å². The fourth-order valence-corrected chi connectivity index (χ4v) is 1.39. The lowest BCUT2D eigenvalue weighted by Gasteiger charge is -2.13. The maximum absolute atomic E-state index is 12.6. The number of hydrogen-bond donors (Lipinski definition) is 3. The minimum Gasteiger partial charge on any atom is -0.491 e. The number of carbonyl (C=O) groups is 1. The molecule has 0 radical (unpaired) electrons. The minimum atomic E-state index is -0.737. The number of rotatable bonds is 8. The molecule has 106 valence electrons. The highest BCUT2D eigenvalue weighted by molar-refractivity contribution is 5.77. The van der Waals surface area contributed by atoms with Crippen molar-refractivity contribution in [1.82, 2.24) is 10.6 Å². The molecule has 0 heterocycles. The van der Waals surface area contributed by atoms with Gasteiger partial charge in [-0.2, -0.15) is 0 Å². The molecule has 1 rings (SSSR count). The molecule has 0 saturated heterocycles. The van der Waals surface area contributed by atoms with Crippen LogP contribution < -0.4 is 15.4 Å². The Morgan fingerprint density at radius 3 is 2.74 bits per heavy atom. The molecule has 19 heavy (non-hydrogen) atoms. The van der Waals surface area contributed by atoms with Gasteiger partial charge < -0.3 is 20.5 Å². The predicted molar refractivity (Wildman–Crippen MR) is 69.5 cm³/mol. The lowest BCUT2D eigenvalue weighted by atomic mass is 10.3. The van der Waals surface area contributed by atoms with Crippen LogP contribution >= 0.6 is 0 Å². The van der Waals surface area contributed by atoms with Crippen molar-refractivity contribution in [1.29, 1.82) is 0 Å². The van der Waals surface area contributed by atoms with Crippen molar-refractivity contribution >= 4 is 5.91 Å². The van der Waals surface area contributed by atoms with Gasteiger partial charge in [0.05, 0.1) is 6.54 Å². The van der Waals surface area contributed by atoms with Crippen LogP contribution in [0.25, 0.3) is 0 Å². The first-order valence-electron chi connectivity index (χ1n) is 6.15. The summed E-state index contributed by atoms with van der Waals surface area (Å²) in [5.41, 5.74) is 0. The van der Waals surface area contributed by atoms with E-state index in [-0.39, 0.29) is 31.4 Å². The largest absolute Gasteiger partial charge is 0.491 e. The zero-order chi connectivity index (χ0) is 14.1. The lowest BCUT2D eigenvalue weighted by Crippen LogP contribution is -2.38. The molecule has 1 aromatic carbocycles. The number of ether oxygens (including phenoxy) is 1. The van der Waals surface area contributed by atoms with Crippen molar-refractivity contribution in [2.75, 3.05) is 26.2 Å². The summed E-state index contributed by atoms with van der Waals surface area (Å²) in [6.07, 6.45) is -0.737. The SMILES string of the molecule is CCNC(=O)CNCC(O)COc1ccc(F)cc1. The Morgan fingerprint density at radius 1 is 1.42 bits per heavy atom. The molecule has 1 atom stereocenters. The van der Waals surface area contributed by atoms with Crippen LogP contribution in [0, 0.1) is 5.82 Å². The molecular formula is C13H19FN2O3. The van der Waals surface area contributed by atoms with Gasteiger partial charge in [-0.3, -0.25) is 4.79 Å². The van der Waals surface area contributed by atoms with E-state index in [9.17, 15) is 14.3 Å². The fraction of sp³-hybridized carbons (Fsp3) is 0.462. The third-order valence-electron chi connectivity index (χ3n) is 2.30. The van der Waals surface area contributed by atoms with E-state index in [0.29, 0.717) is 12.3 Å². The van der Waals surface area contributed by atoms with Crippen molar-refractivity contribution in [2.24, 2.45) is 0 Å². The zero-order valence-corrected chi connectivity index (χ0v) is 10.9. The quantitative estimate of drug-likeness (QED) is 0.635. The molecule has 6 heteroatoms. The molecule has 0 aliphatic heterocycles. The first-order valence-corrected chi connectivity index (χ1v) is 6.15. The van der Waals surface area contributed by atoms with E-state index >= 15 is 0 Å². The number of aliphatic hydroxyl groups is 1. The van der Waals surface area contributed by atoms with Crippen molar-refractivity contribution < 1.29 is 19.0 Å². The van der Waals surface area contributed by atoms with Crippen LogP contribution in [0.3, 0.4) is 0 Å². The number of benzene rings is 1. The Hall–Kier alpha value is -1.66. The molecule has 0 fully saturated rings. The van der Waals surface area contributed by atoms with Crippen LogP contribution in [0.4, 0.5) is 4.39 Å². The number of likely N-dealkylation sites (N-methyl/N-ethyl adjacent to an activating group) is 1. The van der Waals surface area contributed by atoms with Crippen molar-refractivity contribution in [3.05, 3.63) is 30.1 Å². The van der Waals surface area contributed by atoms with Gasteiger partial charge in [0.15, 0.2) is 0 Å². The molecule has 0 spiro atoms. The molecule has 0 aliphatic rings. The van der Waals surface area contributed by atoms with Gasteiger partial charge in [-0.1, -0.05) is 0 Å². The van der Waals surface area contributed by atoms with E-state index in [1.165, 1.54) is 24.3 Å². The number of hydrogen-bond acceptors (Lipinski definition) is 4. The van der Waals surface area contributed by atoms with E-state index in [4.69, 9.17) is 4.74 Å². The molecule has 0 aromatic heterocycles. The van der Waals surface area contributed by atoms with Crippen LogP contribution in [-0.4, -0.2) is 43.4 Å². The summed E-state index contributed by atoms with van der Waals surface area (Å²) >= 11 is 0. The molecule has 1 aromatic rings. The first kappa shape index (κ1) is 15.4. The topological polar surface area (TPSA) is 70.6 Å². The summed E-state index contributed by atoms with van der Waals surface area (Å²) in [5.74, 6) is 0.0369. The second kappa shape index (κ2) is 8.44. The number of amides is 1. The van der Waals surface area contributed by atoms with Crippen molar-refractivity contribution in [3.63, 3.8) is 0 Å². The first-order chi connectivity index (χ1) is 9.11. The van der Waals surface area contributed by atoms with Gasteiger partial charge in [-0.15, -0.1) is 0 Å². The molecule has 0 saturated carbocycles. The Morgan fingerprint density at radius 2 is 2.11 bits per heavy atom. The Kier molecular flexibility index (Phi) is 6.84. The van der Waals surface area contributed by atoms with Crippen molar-refractivity contribution in [3.8, 4) is 5.75 Å². The second-order valence-corrected chi connectivity index (χ2v) is 4.00. The zero-order valence-electron chi connectivity index (χ0n) is 10.9.